The largest absolute Gasteiger partial charge is 0.0985 e. The molecule has 0 heterocycles. The summed E-state index contributed by atoms with van der Waals surface area (Å²) in [7, 11) is 0. The van der Waals surface area contributed by atoms with Gasteiger partial charge >= 0.3 is 0 Å². The Morgan fingerprint density at radius 2 is 1.14 bits per heavy atom. The van der Waals surface area contributed by atoms with Crippen LogP contribution in [-0.4, -0.2) is 0 Å². The van der Waals surface area contributed by atoms with Gasteiger partial charge in [-0.1, -0.05) is 98.1 Å². The lowest BCUT2D eigenvalue weighted by atomic mass is 10.0. The van der Waals surface area contributed by atoms with Crippen LogP contribution in [0.3, 0.4) is 0 Å². The van der Waals surface area contributed by atoms with E-state index in [0.29, 0.717) is 0 Å². The maximum absolute atomic E-state index is 3.83. The maximum atomic E-state index is 3.83. The first-order valence-corrected chi connectivity index (χ1v) is 7.32. The molecule has 0 aliphatic rings. The summed E-state index contributed by atoms with van der Waals surface area (Å²) in [5.41, 5.74) is 5.86. The Hall–Kier alpha value is -2.60. The van der Waals surface area contributed by atoms with Gasteiger partial charge in [0.25, 0.3) is 0 Å². The van der Waals surface area contributed by atoms with Gasteiger partial charge in [-0.15, -0.1) is 0 Å². The Morgan fingerprint density at radius 3 is 1.45 bits per heavy atom. The minimum atomic E-state index is 1.09. The quantitative estimate of drug-likeness (QED) is 0.559. The van der Waals surface area contributed by atoms with Gasteiger partial charge in [0.1, 0.15) is 0 Å². The van der Waals surface area contributed by atoms with Crippen LogP contribution in [-0.2, 0) is 0 Å². The number of hydrogen-bond acceptors (Lipinski definition) is 0. The van der Waals surface area contributed by atoms with Crippen LogP contribution in [0.4, 0.5) is 0 Å². The normalized spacial score (nSPS) is 9.00. The Balaban J connectivity index is 0.000000235. The molecule has 0 radical (unpaired) electrons. The second kappa shape index (κ2) is 9.36. The molecule has 2 aromatic rings. The Bertz CT molecular complexity index is 633. The van der Waals surface area contributed by atoms with E-state index in [1.54, 1.807) is 0 Å². The zero-order valence-corrected chi connectivity index (χ0v) is 13.5. The zero-order chi connectivity index (χ0) is 16.4. The van der Waals surface area contributed by atoms with Crippen LogP contribution in [0.5, 0.6) is 0 Å². The molecule has 0 atom stereocenters. The van der Waals surface area contributed by atoms with Gasteiger partial charge in [-0.05, 0) is 36.1 Å². The van der Waals surface area contributed by atoms with Crippen molar-refractivity contribution in [2.45, 2.75) is 13.8 Å². The minimum Gasteiger partial charge on any atom is -0.0985 e. The predicted molar refractivity (Wildman–Crippen MR) is 101 cm³/mol. The Morgan fingerprint density at radius 1 is 0.727 bits per heavy atom. The van der Waals surface area contributed by atoms with Crippen molar-refractivity contribution in [2.75, 3.05) is 0 Å². The summed E-state index contributed by atoms with van der Waals surface area (Å²) in [5.74, 6) is 0. The predicted octanol–water partition coefficient (Wildman–Crippen LogP) is 6.55. The van der Waals surface area contributed by atoms with Gasteiger partial charge in [0.15, 0.2) is 0 Å². The van der Waals surface area contributed by atoms with E-state index in [1.165, 1.54) is 16.7 Å². The molecule has 22 heavy (non-hydrogen) atoms. The summed E-state index contributed by atoms with van der Waals surface area (Å²) in [6.07, 6.45) is 3.66. The summed E-state index contributed by atoms with van der Waals surface area (Å²) in [6, 6.07) is 20.4. The van der Waals surface area contributed by atoms with Crippen LogP contribution in [0.25, 0.3) is 11.1 Å². The molecule has 0 spiro atoms. The maximum Gasteiger partial charge on any atom is -0.0221 e. The van der Waals surface area contributed by atoms with Crippen molar-refractivity contribution >= 4 is 11.1 Å². The van der Waals surface area contributed by atoms with Gasteiger partial charge in [-0.2, -0.15) is 0 Å². The second-order valence-corrected chi connectivity index (χ2v) is 5.00. The summed E-state index contributed by atoms with van der Waals surface area (Å²) in [4.78, 5) is 0. The molecule has 0 aromatic heterocycles. The van der Waals surface area contributed by atoms with Crippen LogP contribution in [0.15, 0.2) is 98.1 Å². The molecule has 0 N–H and O–H groups in total. The first kappa shape index (κ1) is 17.5. The number of allylic oxidation sites excluding steroid dienone is 5. The third-order valence-corrected chi connectivity index (χ3v) is 3.35. The minimum absolute atomic E-state index is 1.09. The van der Waals surface area contributed by atoms with Gasteiger partial charge in [0.2, 0.25) is 0 Å². The average molecular weight is 288 g/mol. The average Bonchev–Trinajstić information content (AvgIpc) is 2.58. The van der Waals surface area contributed by atoms with Crippen LogP contribution < -0.4 is 0 Å². The first-order chi connectivity index (χ1) is 10.6. The Labute approximate surface area is 134 Å². The highest BCUT2D eigenvalue weighted by Crippen LogP contribution is 2.18. The van der Waals surface area contributed by atoms with Gasteiger partial charge < -0.3 is 0 Å². The van der Waals surface area contributed by atoms with E-state index in [-0.39, 0.29) is 0 Å². The Kier molecular flexibility index (Phi) is 7.42. The van der Waals surface area contributed by atoms with Crippen LogP contribution in [0.1, 0.15) is 25.0 Å². The summed E-state index contributed by atoms with van der Waals surface area (Å²) < 4.78 is 0. The molecule has 112 valence electrons. The third kappa shape index (κ3) is 5.41. The van der Waals surface area contributed by atoms with Gasteiger partial charge in [0, 0.05) is 0 Å². The van der Waals surface area contributed by atoms with Gasteiger partial charge in [-0.3, -0.25) is 0 Å². The van der Waals surface area contributed by atoms with Crippen molar-refractivity contribution in [3.63, 3.8) is 0 Å². The van der Waals surface area contributed by atoms with E-state index in [0.717, 1.165) is 11.1 Å². The van der Waals surface area contributed by atoms with Crippen LogP contribution in [0, 0.1) is 0 Å². The lowest BCUT2D eigenvalue weighted by Gasteiger charge is -2.03. The van der Waals surface area contributed by atoms with Crippen molar-refractivity contribution in [1.29, 1.82) is 0 Å². The summed E-state index contributed by atoms with van der Waals surface area (Å²) >= 11 is 0. The molecule has 0 aliphatic heterocycles. The first-order valence-electron chi connectivity index (χ1n) is 7.32. The lowest BCUT2D eigenvalue weighted by molar-refractivity contribution is 1.53. The molecular formula is C22H24. The van der Waals surface area contributed by atoms with E-state index in [9.17, 15) is 0 Å². The molecule has 0 aliphatic carbocycles. The van der Waals surface area contributed by atoms with E-state index in [1.807, 2.05) is 55.5 Å². The van der Waals surface area contributed by atoms with Gasteiger partial charge in [0.05, 0.1) is 0 Å². The summed E-state index contributed by atoms with van der Waals surface area (Å²) in [6.45, 7) is 15.4. The van der Waals surface area contributed by atoms with Crippen molar-refractivity contribution in [2.24, 2.45) is 0 Å². The highest BCUT2D eigenvalue weighted by Gasteiger charge is 1.96. The number of rotatable bonds is 4. The molecule has 0 amide bonds. The smallest absolute Gasteiger partial charge is 0.0221 e. The van der Waals surface area contributed by atoms with E-state index in [2.05, 4.69) is 50.9 Å². The molecule has 0 saturated carbocycles. The molecule has 0 saturated heterocycles. The molecule has 0 bridgehead atoms. The van der Waals surface area contributed by atoms with Crippen molar-refractivity contribution in [3.8, 4) is 0 Å². The molecule has 0 heteroatoms. The molecule has 0 fully saturated rings. The van der Waals surface area contributed by atoms with Crippen molar-refractivity contribution < 1.29 is 0 Å². The van der Waals surface area contributed by atoms with Gasteiger partial charge in [-0.25, -0.2) is 0 Å². The van der Waals surface area contributed by atoms with Crippen molar-refractivity contribution in [1.82, 2.24) is 0 Å². The molecule has 0 nitrogen and oxygen atoms in total. The highest BCUT2D eigenvalue weighted by molar-refractivity contribution is 5.71. The van der Waals surface area contributed by atoms with Crippen molar-refractivity contribution in [3.05, 3.63) is 109 Å². The summed E-state index contributed by atoms with van der Waals surface area (Å²) in [5, 5.41) is 0. The number of benzene rings is 2. The molecule has 0 unspecified atom stereocenters. The fourth-order valence-corrected chi connectivity index (χ4v) is 1.97. The van der Waals surface area contributed by atoms with E-state index < -0.39 is 0 Å². The SMILES string of the molecule is C=C(C)c1ccccc1.C=CC(C=C)=C(C)c1ccccc1. The van der Waals surface area contributed by atoms with E-state index in [4.69, 9.17) is 0 Å². The monoisotopic (exact) mass is 288 g/mol. The topological polar surface area (TPSA) is 0 Å². The molecule has 2 rings (SSSR count). The highest BCUT2D eigenvalue weighted by atomic mass is 14.0. The number of hydrogen-bond donors (Lipinski definition) is 0. The lowest BCUT2D eigenvalue weighted by Crippen LogP contribution is -1.82. The van der Waals surface area contributed by atoms with Crippen LogP contribution >= 0.6 is 0 Å². The van der Waals surface area contributed by atoms with Crippen LogP contribution in [0.2, 0.25) is 0 Å². The molecule has 2 aromatic carbocycles. The third-order valence-electron chi connectivity index (χ3n) is 3.35. The fourth-order valence-electron chi connectivity index (χ4n) is 1.97. The zero-order valence-electron chi connectivity index (χ0n) is 13.5. The van der Waals surface area contributed by atoms with E-state index >= 15 is 0 Å². The standard InChI is InChI=1S/C13H14.C9H10/c1-4-12(5-2)11(3)13-9-7-6-8-10-13;1-8(2)9-6-4-3-5-7-9/h4-10H,1-2H2,3H3;3-7H,1H2,2H3. The fraction of sp³-hybridized carbons (Fsp3) is 0.0909. The second-order valence-electron chi connectivity index (χ2n) is 5.00. The molecular weight excluding hydrogens is 264 g/mol.